The monoisotopic (exact) mass is 596 g/mol. The van der Waals surface area contributed by atoms with Crippen LogP contribution in [0.25, 0.3) is 10.9 Å². The number of rotatable bonds is 16. The van der Waals surface area contributed by atoms with Gasteiger partial charge in [0.15, 0.2) is 0 Å². The highest BCUT2D eigenvalue weighted by Crippen LogP contribution is 2.19. The van der Waals surface area contributed by atoms with Gasteiger partial charge in [-0.05, 0) is 35.6 Å². The standard InChI is InChI=1S/C29H36N6O6S/c1-42-12-11-22(33-26(37)20(30)15-25(31)36)27(38)34-23(14-18-16-32-21-10-6-5-9-19(18)21)28(39)35-24(29(40)41)13-17-7-3-2-4-8-17/h2-10,16,20,22-24,32H,11-15,30H2,1H3,(H2,31,36)(H,33,37)(H,34,38)(H,35,39)(H,40,41). The number of nitrogens with one attached hydrogen (secondary N) is 4. The molecule has 42 heavy (non-hydrogen) atoms. The molecule has 4 atom stereocenters. The van der Waals surface area contributed by atoms with Crippen molar-refractivity contribution in [2.24, 2.45) is 11.5 Å². The van der Waals surface area contributed by atoms with Crippen LogP contribution in [0.3, 0.4) is 0 Å². The van der Waals surface area contributed by atoms with Crippen molar-refractivity contribution in [1.82, 2.24) is 20.9 Å². The summed E-state index contributed by atoms with van der Waals surface area (Å²) in [7, 11) is 0. The van der Waals surface area contributed by atoms with Gasteiger partial charge in [0.2, 0.25) is 23.6 Å². The lowest BCUT2D eigenvalue weighted by Crippen LogP contribution is -2.58. The Balaban J connectivity index is 1.85. The van der Waals surface area contributed by atoms with Crippen molar-refractivity contribution in [3.05, 3.63) is 71.9 Å². The molecule has 0 fully saturated rings. The predicted octanol–water partition coefficient (Wildman–Crippen LogP) is 0.448. The zero-order valence-corrected chi connectivity index (χ0v) is 24.0. The van der Waals surface area contributed by atoms with Gasteiger partial charge in [0.05, 0.1) is 12.5 Å². The molecule has 0 aliphatic heterocycles. The molecule has 0 saturated heterocycles. The Morgan fingerprint density at radius 3 is 2.14 bits per heavy atom. The van der Waals surface area contributed by atoms with E-state index in [1.165, 1.54) is 11.8 Å². The van der Waals surface area contributed by atoms with Crippen LogP contribution in [0, 0.1) is 0 Å². The second kappa shape index (κ2) is 15.6. The number of aliphatic carboxylic acids is 1. The Labute approximate surface area is 247 Å². The van der Waals surface area contributed by atoms with Crippen molar-refractivity contribution >= 4 is 52.3 Å². The van der Waals surface area contributed by atoms with Crippen LogP contribution < -0.4 is 27.4 Å². The molecule has 4 unspecified atom stereocenters. The molecule has 0 bridgehead atoms. The molecular weight excluding hydrogens is 560 g/mol. The molecule has 0 aliphatic rings. The smallest absolute Gasteiger partial charge is 0.326 e. The first-order valence-corrected chi connectivity index (χ1v) is 14.7. The molecule has 4 amide bonds. The average molecular weight is 597 g/mol. The number of hydrogen-bond donors (Lipinski definition) is 7. The van der Waals surface area contributed by atoms with E-state index >= 15 is 0 Å². The number of aromatic amines is 1. The van der Waals surface area contributed by atoms with Gasteiger partial charge in [-0.3, -0.25) is 19.2 Å². The molecule has 2 aromatic carbocycles. The highest BCUT2D eigenvalue weighted by Gasteiger charge is 2.31. The molecule has 9 N–H and O–H groups in total. The first kappa shape index (κ1) is 32.2. The Bertz CT molecular complexity index is 1400. The quantitative estimate of drug-likeness (QED) is 0.123. The molecule has 0 saturated carbocycles. The zero-order valence-electron chi connectivity index (χ0n) is 23.2. The fourth-order valence-corrected chi connectivity index (χ4v) is 4.89. The van der Waals surface area contributed by atoms with Crippen LogP contribution in [-0.2, 0) is 36.8 Å². The van der Waals surface area contributed by atoms with Gasteiger partial charge >= 0.3 is 5.97 Å². The lowest BCUT2D eigenvalue weighted by atomic mass is 10.0. The van der Waals surface area contributed by atoms with E-state index in [1.54, 1.807) is 36.5 Å². The normalized spacial score (nSPS) is 13.9. The van der Waals surface area contributed by atoms with Crippen molar-refractivity contribution in [2.75, 3.05) is 12.0 Å². The lowest BCUT2D eigenvalue weighted by Gasteiger charge is -2.25. The summed E-state index contributed by atoms with van der Waals surface area (Å²) in [4.78, 5) is 66.0. The van der Waals surface area contributed by atoms with Gasteiger partial charge in [0.1, 0.15) is 18.1 Å². The molecule has 3 aromatic rings. The van der Waals surface area contributed by atoms with Crippen molar-refractivity contribution in [1.29, 1.82) is 0 Å². The Kier molecular flexibility index (Phi) is 11.9. The maximum absolute atomic E-state index is 13.6. The van der Waals surface area contributed by atoms with Crippen LogP contribution in [0.5, 0.6) is 0 Å². The Hall–Kier alpha value is -4.36. The zero-order chi connectivity index (χ0) is 30.6. The molecule has 224 valence electrons. The van der Waals surface area contributed by atoms with Gasteiger partial charge in [-0.1, -0.05) is 48.5 Å². The van der Waals surface area contributed by atoms with Gasteiger partial charge in [-0.15, -0.1) is 0 Å². The third-order valence-electron chi connectivity index (χ3n) is 6.63. The number of H-pyrrole nitrogens is 1. The predicted molar refractivity (Wildman–Crippen MR) is 160 cm³/mol. The van der Waals surface area contributed by atoms with Crippen LogP contribution >= 0.6 is 11.8 Å². The number of carboxylic acid groups (broad SMARTS) is 1. The van der Waals surface area contributed by atoms with Crippen molar-refractivity contribution in [3.63, 3.8) is 0 Å². The van der Waals surface area contributed by atoms with Crippen molar-refractivity contribution in [3.8, 4) is 0 Å². The van der Waals surface area contributed by atoms with Gasteiger partial charge in [-0.25, -0.2) is 4.79 Å². The van der Waals surface area contributed by atoms with E-state index in [4.69, 9.17) is 11.5 Å². The molecular formula is C29H36N6O6S. The van der Waals surface area contributed by atoms with E-state index in [1.807, 2.05) is 30.5 Å². The Morgan fingerprint density at radius 1 is 0.857 bits per heavy atom. The van der Waals surface area contributed by atoms with Crippen molar-refractivity contribution < 1.29 is 29.1 Å². The summed E-state index contributed by atoms with van der Waals surface area (Å²) in [6.45, 7) is 0. The molecule has 3 rings (SSSR count). The van der Waals surface area contributed by atoms with Crippen LogP contribution in [0.4, 0.5) is 0 Å². The number of primary amides is 1. The minimum atomic E-state index is -1.25. The summed E-state index contributed by atoms with van der Waals surface area (Å²) >= 11 is 1.45. The van der Waals surface area contributed by atoms with Gasteiger partial charge < -0.3 is 37.5 Å². The number of para-hydroxylation sites is 1. The summed E-state index contributed by atoms with van der Waals surface area (Å²) in [5, 5.41) is 18.5. The number of hydrogen-bond acceptors (Lipinski definition) is 7. The number of carbonyl (C=O) groups excluding carboxylic acids is 4. The van der Waals surface area contributed by atoms with Gasteiger partial charge in [0, 0.05) is 29.9 Å². The van der Waals surface area contributed by atoms with E-state index < -0.39 is 60.2 Å². The number of aromatic nitrogens is 1. The number of carboxylic acids is 1. The van der Waals surface area contributed by atoms with Crippen LogP contribution in [0.1, 0.15) is 24.0 Å². The fourth-order valence-electron chi connectivity index (χ4n) is 4.42. The van der Waals surface area contributed by atoms with Gasteiger partial charge in [-0.2, -0.15) is 11.8 Å². The molecule has 1 heterocycles. The fraction of sp³-hybridized carbons (Fsp3) is 0.345. The van der Waals surface area contributed by atoms with Crippen molar-refractivity contribution in [2.45, 2.75) is 49.9 Å². The number of amides is 4. The summed E-state index contributed by atoms with van der Waals surface area (Å²) < 4.78 is 0. The summed E-state index contributed by atoms with van der Waals surface area (Å²) in [5.41, 5.74) is 13.2. The molecule has 13 heteroatoms. The first-order chi connectivity index (χ1) is 20.1. The first-order valence-electron chi connectivity index (χ1n) is 13.3. The minimum Gasteiger partial charge on any atom is -0.480 e. The van der Waals surface area contributed by atoms with E-state index in [0.717, 1.165) is 22.0 Å². The molecule has 12 nitrogen and oxygen atoms in total. The number of carbonyl (C=O) groups is 5. The minimum absolute atomic E-state index is 0.0415. The highest BCUT2D eigenvalue weighted by atomic mass is 32.2. The topological polar surface area (TPSA) is 209 Å². The summed E-state index contributed by atoms with van der Waals surface area (Å²) in [6, 6.07) is 11.6. The summed E-state index contributed by atoms with van der Waals surface area (Å²) in [6.07, 6.45) is 3.47. The molecule has 1 aromatic heterocycles. The summed E-state index contributed by atoms with van der Waals surface area (Å²) in [5.74, 6) is -3.57. The highest BCUT2D eigenvalue weighted by molar-refractivity contribution is 7.98. The second-order valence-electron chi connectivity index (χ2n) is 9.83. The largest absolute Gasteiger partial charge is 0.480 e. The number of fused-ring (bicyclic) bond motifs is 1. The van der Waals surface area contributed by atoms with Crippen LogP contribution in [0.15, 0.2) is 60.8 Å². The van der Waals surface area contributed by atoms with E-state index in [2.05, 4.69) is 20.9 Å². The average Bonchev–Trinajstić information content (AvgIpc) is 3.37. The van der Waals surface area contributed by atoms with E-state index in [9.17, 15) is 29.1 Å². The number of nitrogens with two attached hydrogens (primary N) is 2. The molecule has 0 aliphatic carbocycles. The second-order valence-corrected chi connectivity index (χ2v) is 10.8. The van der Waals surface area contributed by atoms with E-state index in [-0.39, 0.29) is 19.3 Å². The lowest BCUT2D eigenvalue weighted by molar-refractivity contribution is -0.142. The molecule has 0 radical (unpaired) electrons. The Morgan fingerprint density at radius 2 is 1.48 bits per heavy atom. The van der Waals surface area contributed by atoms with E-state index in [0.29, 0.717) is 5.75 Å². The molecule has 0 spiro atoms. The van der Waals surface area contributed by atoms with Crippen LogP contribution in [-0.4, -0.2) is 75.9 Å². The van der Waals surface area contributed by atoms with Crippen LogP contribution in [0.2, 0.25) is 0 Å². The number of thioether (sulfide) groups is 1. The maximum Gasteiger partial charge on any atom is 0.326 e. The number of benzene rings is 2. The van der Waals surface area contributed by atoms with Gasteiger partial charge in [0.25, 0.3) is 0 Å². The third kappa shape index (κ3) is 9.35. The maximum atomic E-state index is 13.6. The third-order valence-corrected chi connectivity index (χ3v) is 7.27. The SMILES string of the molecule is CSCCC(NC(=O)C(N)CC(N)=O)C(=O)NC(Cc1c[nH]c2ccccc12)C(=O)NC(Cc1ccccc1)C(=O)O.